The summed E-state index contributed by atoms with van der Waals surface area (Å²) in [7, 11) is -5.89. The molecule has 0 saturated carbocycles. The fourth-order valence-electron chi connectivity index (χ4n) is 3.49. The summed E-state index contributed by atoms with van der Waals surface area (Å²) in [5, 5.41) is 0. The standard InChI is InChI=1S/2C12H27O3P.Cu/c2*1-2-3-4-5-6-7-8-9-10-11-12-15-16(13)14;/h2*16H,2-12H2,1H3,(H,13,14);/q;;+2/p-2. The molecule has 0 aromatic carbocycles. The third-order valence-electron chi connectivity index (χ3n) is 5.44. The van der Waals surface area contributed by atoms with Gasteiger partial charge in [-0.2, -0.15) is 0 Å². The molecule has 0 aliphatic heterocycles. The quantitative estimate of drug-likeness (QED) is 0.0694. The van der Waals surface area contributed by atoms with E-state index in [0.29, 0.717) is 13.2 Å². The van der Waals surface area contributed by atoms with E-state index in [0.717, 1.165) is 25.7 Å². The maximum atomic E-state index is 10.1. The first-order valence-electron chi connectivity index (χ1n) is 13.2. The van der Waals surface area contributed by atoms with E-state index in [1.165, 1.54) is 103 Å². The van der Waals surface area contributed by atoms with Gasteiger partial charge in [-0.15, -0.1) is 0 Å². The summed E-state index contributed by atoms with van der Waals surface area (Å²) in [6.45, 7) is 5.21. The number of hydrogen-bond acceptors (Lipinski definition) is 6. The summed E-state index contributed by atoms with van der Waals surface area (Å²) >= 11 is 0. The Morgan fingerprint density at radius 1 is 0.455 bits per heavy atom. The first-order chi connectivity index (χ1) is 15.5. The summed E-state index contributed by atoms with van der Waals surface area (Å²) in [6, 6.07) is 0. The molecule has 0 saturated heterocycles. The molecule has 0 N–H and O–H groups in total. The monoisotopic (exact) mass is 561 g/mol. The van der Waals surface area contributed by atoms with Gasteiger partial charge in [0, 0.05) is 0 Å². The molecule has 0 aliphatic rings. The molecule has 6 nitrogen and oxygen atoms in total. The average molecular weight is 562 g/mol. The van der Waals surface area contributed by atoms with Gasteiger partial charge in [0.1, 0.15) is 16.5 Å². The smallest absolute Gasteiger partial charge is 0.781 e. The number of unbranched alkanes of at least 4 members (excludes halogenated alkanes) is 18. The zero-order chi connectivity index (χ0) is 24.1. The molecule has 2 unspecified atom stereocenters. The molecule has 1 radical (unpaired) electrons. The molecule has 33 heavy (non-hydrogen) atoms. The third-order valence-corrected chi connectivity index (χ3v) is 6.32. The van der Waals surface area contributed by atoms with Gasteiger partial charge in [0.25, 0.3) is 0 Å². The summed E-state index contributed by atoms with van der Waals surface area (Å²) < 4.78 is 29.2. The van der Waals surface area contributed by atoms with Crippen molar-refractivity contribution in [1.29, 1.82) is 0 Å². The largest absolute Gasteiger partial charge is 2.00 e. The van der Waals surface area contributed by atoms with E-state index >= 15 is 0 Å². The van der Waals surface area contributed by atoms with Crippen LogP contribution in [0.5, 0.6) is 0 Å². The Morgan fingerprint density at radius 3 is 0.879 bits per heavy atom. The Bertz CT molecular complexity index is 367. The fraction of sp³-hybridized carbons (Fsp3) is 1.00. The average Bonchev–Trinajstić information content (AvgIpc) is 2.76. The van der Waals surface area contributed by atoms with Gasteiger partial charge in [-0.1, -0.05) is 129 Å². The van der Waals surface area contributed by atoms with Gasteiger partial charge in [-0.3, -0.25) is 0 Å². The summed E-state index contributed by atoms with van der Waals surface area (Å²) in [5.74, 6) is 0. The van der Waals surface area contributed by atoms with Crippen LogP contribution in [-0.4, -0.2) is 13.2 Å². The predicted octanol–water partition coefficient (Wildman–Crippen LogP) is 7.35. The van der Waals surface area contributed by atoms with Crippen LogP contribution in [0.3, 0.4) is 0 Å². The van der Waals surface area contributed by atoms with E-state index in [9.17, 15) is 18.9 Å². The van der Waals surface area contributed by atoms with Crippen molar-refractivity contribution in [3.05, 3.63) is 0 Å². The molecule has 0 aromatic rings. The van der Waals surface area contributed by atoms with E-state index in [1.54, 1.807) is 0 Å². The van der Waals surface area contributed by atoms with Crippen LogP contribution >= 0.6 is 16.5 Å². The van der Waals surface area contributed by atoms with Crippen molar-refractivity contribution in [3.8, 4) is 0 Å². The van der Waals surface area contributed by atoms with Gasteiger partial charge in [-0.05, 0) is 12.8 Å². The maximum Gasteiger partial charge on any atom is 2.00 e. The Kier molecular flexibility index (Phi) is 40.7. The third kappa shape index (κ3) is 43.3. The van der Waals surface area contributed by atoms with Crippen molar-refractivity contribution in [2.75, 3.05) is 13.2 Å². The van der Waals surface area contributed by atoms with Crippen LogP contribution in [0.15, 0.2) is 0 Å². The molecule has 0 fully saturated rings. The van der Waals surface area contributed by atoms with Crippen LogP contribution in [0.1, 0.15) is 142 Å². The Balaban J connectivity index is -0.000000529. The van der Waals surface area contributed by atoms with Crippen LogP contribution in [-0.2, 0) is 35.2 Å². The Labute approximate surface area is 216 Å². The van der Waals surface area contributed by atoms with Crippen LogP contribution in [0.2, 0.25) is 0 Å². The van der Waals surface area contributed by atoms with Gasteiger partial charge in [0.05, 0.1) is 13.2 Å². The molecule has 0 aliphatic carbocycles. The second-order valence-corrected chi connectivity index (χ2v) is 10.1. The van der Waals surface area contributed by atoms with E-state index in [4.69, 9.17) is 0 Å². The van der Waals surface area contributed by atoms with Crippen molar-refractivity contribution in [1.82, 2.24) is 0 Å². The van der Waals surface area contributed by atoms with Crippen molar-refractivity contribution in [2.24, 2.45) is 0 Å². The van der Waals surface area contributed by atoms with Crippen LogP contribution < -0.4 is 9.79 Å². The first kappa shape index (κ1) is 38.4. The fourth-order valence-corrected chi connectivity index (χ4v) is 4.11. The SMILES string of the molecule is CCCCCCCCCCCCO[PH](=O)[O-].CCCCCCCCCCCCO[PH](=O)[O-].[Cu+2]. The minimum Gasteiger partial charge on any atom is -0.781 e. The molecule has 0 aromatic heterocycles. The second-order valence-electron chi connectivity index (χ2n) is 8.56. The summed E-state index contributed by atoms with van der Waals surface area (Å²) in [6.07, 6.45) is 25.1. The predicted molar refractivity (Wildman–Crippen MR) is 134 cm³/mol. The van der Waals surface area contributed by atoms with E-state index in [2.05, 4.69) is 22.9 Å². The molecule has 0 heterocycles. The summed E-state index contributed by atoms with van der Waals surface area (Å²) in [5.41, 5.74) is 0. The number of hydrogen-bond donors (Lipinski definition) is 0. The Morgan fingerprint density at radius 2 is 0.667 bits per heavy atom. The van der Waals surface area contributed by atoms with Gasteiger partial charge in [0.15, 0.2) is 0 Å². The molecule has 205 valence electrons. The van der Waals surface area contributed by atoms with Crippen LogP contribution in [0.25, 0.3) is 0 Å². The van der Waals surface area contributed by atoms with Gasteiger partial charge < -0.3 is 28.0 Å². The molecular weight excluding hydrogens is 510 g/mol. The van der Waals surface area contributed by atoms with Crippen LogP contribution in [0, 0.1) is 0 Å². The minimum atomic E-state index is -2.94. The van der Waals surface area contributed by atoms with E-state index in [1.807, 2.05) is 0 Å². The Hall–Kier alpha value is 0.819. The van der Waals surface area contributed by atoms with E-state index in [-0.39, 0.29) is 17.1 Å². The molecular formula is C24H52CuO6P2. The molecule has 9 heteroatoms. The van der Waals surface area contributed by atoms with Gasteiger partial charge in [0.2, 0.25) is 0 Å². The zero-order valence-corrected chi connectivity index (χ0v) is 24.2. The maximum absolute atomic E-state index is 10.1. The minimum absolute atomic E-state index is 0. The molecule has 2 atom stereocenters. The van der Waals surface area contributed by atoms with Crippen molar-refractivity contribution in [2.45, 2.75) is 142 Å². The van der Waals surface area contributed by atoms with Crippen LogP contribution in [0.4, 0.5) is 0 Å². The van der Waals surface area contributed by atoms with Crippen molar-refractivity contribution < 1.29 is 45.0 Å². The molecule has 0 bridgehead atoms. The molecule has 0 spiro atoms. The van der Waals surface area contributed by atoms with Crippen molar-refractivity contribution >= 4 is 16.5 Å². The first-order valence-corrected chi connectivity index (χ1v) is 15.7. The molecule has 0 rings (SSSR count). The van der Waals surface area contributed by atoms with Gasteiger partial charge in [-0.25, -0.2) is 0 Å². The zero-order valence-electron chi connectivity index (χ0n) is 21.3. The molecule has 0 amide bonds. The normalized spacial score (nSPS) is 12.5. The number of rotatable bonds is 24. The van der Waals surface area contributed by atoms with Crippen molar-refractivity contribution in [3.63, 3.8) is 0 Å². The summed E-state index contributed by atoms with van der Waals surface area (Å²) in [4.78, 5) is 20.2. The topological polar surface area (TPSA) is 98.7 Å². The van der Waals surface area contributed by atoms with Gasteiger partial charge >= 0.3 is 17.1 Å². The second kappa shape index (κ2) is 35.0. The van der Waals surface area contributed by atoms with E-state index < -0.39 is 16.5 Å².